The van der Waals surface area contributed by atoms with E-state index in [9.17, 15) is 13.6 Å². The number of rotatable bonds is 8. The van der Waals surface area contributed by atoms with Gasteiger partial charge < -0.3 is 15.0 Å². The van der Waals surface area contributed by atoms with Crippen LogP contribution in [0.15, 0.2) is 60.9 Å². The standard InChI is InChI=1S/C28H24F2N6O2/c1-16-14-32-24(34-16)4-3-11-31-28(37)18-7-10-22-23(12-18)36-27(20-13-25(38-2)33-15-21(20)30)26(35-22)17-5-8-19(29)9-6-17/h5-10,12-15H,3-4,11H2,1-2H3,(H,31,37)(H,32,34). The van der Waals surface area contributed by atoms with E-state index in [4.69, 9.17) is 9.72 Å². The minimum atomic E-state index is -0.622. The Labute approximate surface area is 217 Å². The number of H-pyrrole nitrogens is 1. The Kier molecular flexibility index (Phi) is 7.03. The highest BCUT2D eigenvalue weighted by Crippen LogP contribution is 2.34. The quantitative estimate of drug-likeness (QED) is 0.281. The highest BCUT2D eigenvalue weighted by Gasteiger charge is 2.19. The molecule has 0 saturated carbocycles. The van der Waals surface area contributed by atoms with Gasteiger partial charge in [-0.25, -0.2) is 28.7 Å². The molecule has 2 N–H and O–H groups in total. The van der Waals surface area contributed by atoms with Gasteiger partial charge in [0.25, 0.3) is 5.91 Å². The Hall–Kier alpha value is -4.73. The van der Waals surface area contributed by atoms with Crippen LogP contribution in [0.25, 0.3) is 33.5 Å². The number of fused-ring (bicyclic) bond motifs is 1. The van der Waals surface area contributed by atoms with E-state index >= 15 is 0 Å². The van der Waals surface area contributed by atoms with Gasteiger partial charge in [0, 0.05) is 41.9 Å². The molecular weight excluding hydrogens is 490 g/mol. The second-order valence-electron chi connectivity index (χ2n) is 8.69. The van der Waals surface area contributed by atoms with Crippen LogP contribution in [0, 0.1) is 18.6 Å². The van der Waals surface area contributed by atoms with Gasteiger partial charge in [-0.3, -0.25) is 4.79 Å². The van der Waals surface area contributed by atoms with Gasteiger partial charge in [0.15, 0.2) is 5.82 Å². The molecule has 5 aromatic rings. The normalized spacial score (nSPS) is 11.1. The van der Waals surface area contributed by atoms with E-state index in [1.54, 1.807) is 30.3 Å². The van der Waals surface area contributed by atoms with E-state index < -0.39 is 11.6 Å². The van der Waals surface area contributed by atoms with Crippen LogP contribution < -0.4 is 10.1 Å². The molecule has 0 spiro atoms. The van der Waals surface area contributed by atoms with Gasteiger partial charge >= 0.3 is 0 Å². The number of aryl methyl sites for hydroxylation is 2. The molecule has 0 atom stereocenters. The number of aromatic nitrogens is 5. The summed E-state index contributed by atoms with van der Waals surface area (Å²) in [6, 6.07) is 12.1. The van der Waals surface area contributed by atoms with Crippen molar-refractivity contribution in [3.63, 3.8) is 0 Å². The van der Waals surface area contributed by atoms with E-state index in [1.807, 2.05) is 13.1 Å². The third-order valence-corrected chi connectivity index (χ3v) is 5.97. The van der Waals surface area contributed by atoms with Crippen molar-refractivity contribution in [2.45, 2.75) is 19.8 Å². The second kappa shape index (κ2) is 10.7. The number of imidazole rings is 1. The van der Waals surface area contributed by atoms with E-state index in [0.717, 1.165) is 24.1 Å². The summed E-state index contributed by atoms with van der Waals surface area (Å²) in [5.74, 6) is -0.210. The Morgan fingerprint density at radius 1 is 1.00 bits per heavy atom. The molecule has 192 valence electrons. The lowest BCUT2D eigenvalue weighted by Gasteiger charge is -2.13. The molecule has 0 aliphatic rings. The van der Waals surface area contributed by atoms with Crippen LogP contribution in [0.1, 0.15) is 28.3 Å². The molecule has 1 amide bonds. The number of hydrogen-bond donors (Lipinski definition) is 2. The summed E-state index contributed by atoms with van der Waals surface area (Å²) in [5.41, 5.74) is 3.47. The number of halogens is 2. The Balaban J connectivity index is 1.47. The zero-order chi connectivity index (χ0) is 26.6. The molecule has 8 nitrogen and oxygen atoms in total. The van der Waals surface area contributed by atoms with Crippen LogP contribution >= 0.6 is 0 Å². The average molecular weight is 515 g/mol. The molecule has 0 saturated heterocycles. The van der Waals surface area contributed by atoms with Crippen LogP contribution in [0.4, 0.5) is 8.78 Å². The van der Waals surface area contributed by atoms with Crippen molar-refractivity contribution in [2.75, 3.05) is 13.7 Å². The number of methoxy groups -OCH3 is 1. The Morgan fingerprint density at radius 2 is 1.79 bits per heavy atom. The average Bonchev–Trinajstić information content (AvgIpc) is 3.35. The maximum atomic E-state index is 14.9. The van der Waals surface area contributed by atoms with E-state index in [1.165, 1.54) is 25.3 Å². The van der Waals surface area contributed by atoms with Crippen LogP contribution in [0.2, 0.25) is 0 Å². The lowest BCUT2D eigenvalue weighted by molar-refractivity contribution is 0.0953. The lowest BCUT2D eigenvalue weighted by Crippen LogP contribution is -2.24. The second-order valence-corrected chi connectivity index (χ2v) is 8.69. The first kappa shape index (κ1) is 24.9. The molecule has 38 heavy (non-hydrogen) atoms. The zero-order valence-electron chi connectivity index (χ0n) is 20.8. The number of hydrogen-bond acceptors (Lipinski definition) is 6. The molecule has 0 aliphatic heterocycles. The summed E-state index contributed by atoms with van der Waals surface area (Å²) in [6.07, 6.45) is 4.32. The third kappa shape index (κ3) is 5.34. The van der Waals surface area contributed by atoms with Gasteiger partial charge in [0.2, 0.25) is 5.88 Å². The molecule has 0 bridgehead atoms. The number of pyridine rings is 1. The van der Waals surface area contributed by atoms with Crippen molar-refractivity contribution in [1.82, 2.24) is 30.2 Å². The lowest BCUT2D eigenvalue weighted by atomic mass is 10.0. The summed E-state index contributed by atoms with van der Waals surface area (Å²) in [7, 11) is 1.43. The number of nitrogens with zero attached hydrogens (tertiary/aromatic N) is 4. The van der Waals surface area contributed by atoms with Gasteiger partial charge in [0.05, 0.1) is 35.7 Å². The maximum Gasteiger partial charge on any atom is 0.251 e. The summed E-state index contributed by atoms with van der Waals surface area (Å²) in [4.78, 5) is 33.6. The largest absolute Gasteiger partial charge is 0.481 e. The SMILES string of the molecule is COc1cc(-c2nc3cc(C(=O)NCCCc4nc(C)c[nH]4)ccc3nc2-c2ccc(F)cc2)c(F)cn1. The number of aromatic amines is 1. The fourth-order valence-corrected chi connectivity index (χ4v) is 4.06. The number of carbonyl (C=O) groups is 1. The molecule has 0 unspecified atom stereocenters. The van der Waals surface area contributed by atoms with Crippen LogP contribution in [-0.4, -0.2) is 44.5 Å². The summed E-state index contributed by atoms with van der Waals surface area (Å²) in [5, 5.41) is 2.90. The van der Waals surface area contributed by atoms with E-state index in [2.05, 4.69) is 25.3 Å². The summed E-state index contributed by atoms with van der Waals surface area (Å²) in [6.45, 7) is 2.39. The predicted molar refractivity (Wildman–Crippen MR) is 139 cm³/mol. The monoisotopic (exact) mass is 514 g/mol. The van der Waals surface area contributed by atoms with E-state index in [-0.39, 0.29) is 23.0 Å². The van der Waals surface area contributed by atoms with Crippen molar-refractivity contribution in [3.8, 4) is 28.4 Å². The molecule has 0 radical (unpaired) electrons. The Morgan fingerprint density at radius 3 is 2.53 bits per heavy atom. The number of benzene rings is 2. The molecule has 3 aromatic heterocycles. The predicted octanol–water partition coefficient (Wildman–Crippen LogP) is 5.04. The van der Waals surface area contributed by atoms with Gasteiger partial charge in [-0.2, -0.15) is 0 Å². The number of nitrogens with one attached hydrogen (secondary N) is 2. The minimum absolute atomic E-state index is 0.119. The topological polar surface area (TPSA) is 106 Å². The number of carbonyl (C=O) groups excluding carboxylic acids is 1. The maximum absolute atomic E-state index is 14.9. The summed E-state index contributed by atoms with van der Waals surface area (Å²) >= 11 is 0. The highest BCUT2D eigenvalue weighted by molar-refractivity contribution is 5.98. The molecule has 5 rings (SSSR count). The Bertz CT molecular complexity index is 1620. The molecule has 0 aliphatic carbocycles. The highest BCUT2D eigenvalue weighted by atomic mass is 19.1. The first-order chi connectivity index (χ1) is 18.4. The van der Waals surface area contributed by atoms with Gasteiger partial charge in [-0.05, 0) is 55.8 Å². The van der Waals surface area contributed by atoms with Crippen molar-refractivity contribution >= 4 is 16.9 Å². The van der Waals surface area contributed by atoms with Gasteiger partial charge in [-0.1, -0.05) is 0 Å². The van der Waals surface area contributed by atoms with Crippen LogP contribution in [0.5, 0.6) is 5.88 Å². The van der Waals surface area contributed by atoms with Gasteiger partial charge in [-0.15, -0.1) is 0 Å². The van der Waals surface area contributed by atoms with E-state index in [0.29, 0.717) is 40.8 Å². The van der Waals surface area contributed by atoms with Crippen LogP contribution in [0.3, 0.4) is 0 Å². The first-order valence-corrected chi connectivity index (χ1v) is 12.0. The molecule has 0 fully saturated rings. The van der Waals surface area contributed by atoms with Crippen LogP contribution in [-0.2, 0) is 6.42 Å². The number of amides is 1. The zero-order valence-corrected chi connectivity index (χ0v) is 20.8. The smallest absolute Gasteiger partial charge is 0.251 e. The molecule has 3 heterocycles. The van der Waals surface area contributed by atoms with Crippen molar-refractivity contribution in [1.29, 1.82) is 0 Å². The fourth-order valence-electron chi connectivity index (χ4n) is 4.06. The van der Waals surface area contributed by atoms with Crippen molar-refractivity contribution in [2.24, 2.45) is 0 Å². The summed E-state index contributed by atoms with van der Waals surface area (Å²) < 4.78 is 33.7. The minimum Gasteiger partial charge on any atom is -0.481 e. The van der Waals surface area contributed by atoms with Gasteiger partial charge in [0.1, 0.15) is 17.3 Å². The molecular formula is C28H24F2N6O2. The van der Waals surface area contributed by atoms with Crippen molar-refractivity contribution < 1.29 is 18.3 Å². The molecule has 2 aromatic carbocycles. The third-order valence-electron chi connectivity index (χ3n) is 5.97. The number of ether oxygens (including phenoxy) is 1. The first-order valence-electron chi connectivity index (χ1n) is 12.0. The molecule has 10 heteroatoms. The van der Waals surface area contributed by atoms with Crippen molar-refractivity contribution in [3.05, 3.63) is 89.6 Å². The fraction of sp³-hybridized carbons (Fsp3) is 0.179.